The van der Waals surface area contributed by atoms with Gasteiger partial charge in [-0.15, -0.1) is 0 Å². The van der Waals surface area contributed by atoms with Crippen molar-refractivity contribution in [1.82, 2.24) is 58.6 Å². The number of esters is 2. The first-order chi connectivity index (χ1) is 52.2. The number of benzene rings is 2. The average Bonchev–Trinajstić information content (AvgIpc) is 0.781. The third-order valence-electron chi connectivity index (χ3n) is 16.4. The van der Waals surface area contributed by atoms with E-state index in [1.54, 1.807) is 73.2 Å². The molecule has 0 aliphatic carbocycles. The van der Waals surface area contributed by atoms with Crippen molar-refractivity contribution in [3.05, 3.63) is 256 Å². The highest BCUT2D eigenvalue weighted by Gasteiger charge is 2.27. The number of hydrogen-bond acceptors (Lipinski definition) is 21. The molecule has 2 unspecified atom stereocenters. The van der Waals surface area contributed by atoms with Crippen LogP contribution in [0.2, 0.25) is 15.5 Å². The Morgan fingerprint density at radius 3 is 1.08 bits per heavy atom. The molecule has 2 saturated heterocycles. The molecule has 34 heteroatoms. The number of aryl methyl sites for hydroxylation is 3. The molecule has 0 spiro atoms. The molecule has 2 fully saturated rings. The SMILES string of the molecule is CC1CCCO1.CC1CCCO1.Cc1ccnc(C(C)C)c1-n1c(=O)[nH]c(=O)c2cc(F)c(Cl)nc21.Cc1ccnc(C(C)C)c1-n1c(=O)[nH]c(=O)c2cc(F)c(Cl)nc21.Cc1ccnc(C(C)C)c1-n1c(=O)[nH]c(=O)c2cc(F)c(Cl)nc21.O=C(OC[C@H](OC(=O)c1ccccc1)C(=O)O)c1ccccc1.O=C=O. The molecule has 0 amide bonds. The van der Waals surface area contributed by atoms with Gasteiger partial charge in [-0.2, -0.15) is 9.59 Å². The fourth-order valence-corrected chi connectivity index (χ4v) is 11.4. The highest BCUT2D eigenvalue weighted by Crippen LogP contribution is 2.30. The lowest BCUT2D eigenvalue weighted by Gasteiger charge is -2.17. The number of carbonyl (C=O) groups excluding carboxylic acids is 4. The summed E-state index contributed by atoms with van der Waals surface area (Å²) in [6.07, 6.45) is 9.76. The third-order valence-corrected chi connectivity index (χ3v) is 17.2. The van der Waals surface area contributed by atoms with Crippen LogP contribution >= 0.6 is 34.8 Å². The van der Waals surface area contributed by atoms with E-state index in [1.165, 1.54) is 63.7 Å². The molecule has 9 aromatic heterocycles. The van der Waals surface area contributed by atoms with Gasteiger partial charge in [-0.3, -0.25) is 44.3 Å². The van der Waals surface area contributed by atoms with Gasteiger partial charge in [0.15, 0.2) is 49.9 Å². The number of fused-ring (bicyclic) bond motifs is 3. The van der Waals surface area contributed by atoms with Crippen LogP contribution in [0.25, 0.3) is 50.2 Å². The van der Waals surface area contributed by atoms with Gasteiger partial charge < -0.3 is 24.1 Å². The lowest BCUT2D eigenvalue weighted by Crippen LogP contribution is -2.32. The molecule has 2 aliphatic rings. The number of ether oxygens (including phenoxy) is 4. The average molecular weight is 1580 g/mol. The predicted molar refractivity (Wildman–Crippen MR) is 403 cm³/mol. The van der Waals surface area contributed by atoms with Crippen LogP contribution in [0, 0.1) is 38.2 Å². The van der Waals surface area contributed by atoms with Crippen molar-refractivity contribution in [2.45, 2.75) is 138 Å². The lowest BCUT2D eigenvalue weighted by atomic mass is 10.0. The van der Waals surface area contributed by atoms with Gasteiger partial charge in [0, 0.05) is 31.8 Å². The Morgan fingerprint density at radius 1 is 0.527 bits per heavy atom. The molecule has 578 valence electrons. The van der Waals surface area contributed by atoms with E-state index in [9.17, 15) is 56.3 Å². The molecule has 110 heavy (non-hydrogen) atoms. The summed E-state index contributed by atoms with van der Waals surface area (Å²) < 4.78 is 64.8. The van der Waals surface area contributed by atoms with Crippen LogP contribution in [0.3, 0.4) is 0 Å². The minimum Gasteiger partial charge on any atom is -0.478 e. The molecule has 0 saturated carbocycles. The number of halogens is 6. The zero-order valence-corrected chi connectivity index (χ0v) is 63.5. The Morgan fingerprint density at radius 2 is 0.827 bits per heavy atom. The standard InChI is InChI=1S/C17H14O6.3C16H14ClFN4O2.2C5H10O.CO2/c18-15(19)14(23-17(21)13-9-5-2-6-10-13)11-22-16(20)12-7-3-1-4-8-12;3*1-7(2)11-12(8(3)4-5-19-11)22-14-9(15(23)21-16(22)24)6-10(18)13(17)20-14;2*1-5-3-2-4-6-5;2-1-3/h1-10,14H,11H2,(H,18,19);3*4-7H,1-3H3,(H,21,23,24);2*5H,2-4H2,1H3;/t14-;;;;;;/m0....../s1. The Labute approximate surface area is 639 Å². The topological polar surface area (TPSA) is 384 Å². The normalized spacial score (nSPS) is 13.7. The molecular formula is C76H76Cl3F3N12O16. The Bertz CT molecular complexity index is 5140. The van der Waals surface area contributed by atoms with E-state index in [1.807, 2.05) is 62.3 Å². The summed E-state index contributed by atoms with van der Waals surface area (Å²) in [6, 6.07) is 24.2. The molecule has 11 aromatic rings. The number of carboxylic acids is 1. The zero-order chi connectivity index (χ0) is 81.0. The summed E-state index contributed by atoms with van der Waals surface area (Å²) in [4.78, 5) is 156. The number of pyridine rings is 6. The van der Waals surface area contributed by atoms with E-state index in [4.69, 9.17) is 68.4 Å². The van der Waals surface area contributed by atoms with Gasteiger partial charge in [0.2, 0.25) is 6.10 Å². The number of nitrogens with one attached hydrogen (secondary N) is 3. The molecule has 4 N–H and O–H groups in total. The minimum atomic E-state index is -1.57. The van der Waals surface area contributed by atoms with Crippen LogP contribution < -0.4 is 33.7 Å². The van der Waals surface area contributed by atoms with Gasteiger partial charge in [0.1, 0.15) is 6.61 Å². The highest BCUT2D eigenvalue weighted by atomic mass is 35.5. The second-order valence-electron chi connectivity index (χ2n) is 25.5. The van der Waals surface area contributed by atoms with Crippen LogP contribution in [-0.2, 0) is 33.3 Å². The second-order valence-corrected chi connectivity index (χ2v) is 26.6. The summed E-state index contributed by atoms with van der Waals surface area (Å²) >= 11 is 17.3. The van der Waals surface area contributed by atoms with Crippen molar-refractivity contribution in [2.75, 3.05) is 19.8 Å². The molecule has 11 heterocycles. The van der Waals surface area contributed by atoms with Gasteiger partial charge in [-0.05, 0) is 155 Å². The number of aromatic amines is 3. The predicted octanol–water partition coefficient (Wildman–Crippen LogP) is 12.0. The minimum absolute atomic E-state index is 0.00634. The summed E-state index contributed by atoms with van der Waals surface area (Å²) in [6.45, 7) is 22.7. The summed E-state index contributed by atoms with van der Waals surface area (Å²) in [5.41, 5.74) is 2.09. The first kappa shape index (κ1) is 85.8. The first-order valence-corrected chi connectivity index (χ1v) is 35.2. The molecular weight excluding hydrogens is 1500 g/mol. The smallest absolute Gasteiger partial charge is 0.373 e. The molecule has 2 aromatic carbocycles. The van der Waals surface area contributed by atoms with Gasteiger partial charge >= 0.3 is 41.1 Å². The monoisotopic (exact) mass is 1570 g/mol. The molecule has 28 nitrogen and oxygen atoms in total. The number of aromatic nitrogens is 12. The van der Waals surface area contributed by atoms with Crippen molar-refractivity contribution < 1.29 is 61.2 Å². The number of rotatable bonds is 12. The zero-order valence-electron chi connectivity index (χ0n) is 61.2. The van der Waals surface area contributed by atoms with Crippen molar-refractivity contribution >= 4 is 92.0 Å². The van der Waals surface area contributed by atoms with Crippen molar-refractivity contribution in [3.63, 3.8) is 0 Å². The summed E-state index contributed by atoms with van der Waals surface area (Å²) in [5.74, 6) is -5.30. The Balaban J connectivity index is 0.000000191. The van der Waals surface area contributed by atoms with Crippen molar-refractivity contribution in [3.8, 4) is 17.1 Å². The van der Waals surface area contributed by atoms with Crippen LogP contribution in [0.5, 0.6) is 0 Å². The van der Waals surface area contributed by atoms with Crippen LogP contribution in [0.15, 0.2) is 144 Å². The van der Waals surface area contributed by atoms with Crippen LogP contribution in [0.1, 0.15) is 153 Å². The van der Waals surface area contributed by atoms with E-state index in [0.29, 0.717) is 46.4 Å². The fourth-order valence-electron chi connectivity index (χ4n) is 11.0. The maximum Gasteiger partial charge on any atom is 0.373 e. The van der Waals surface area contributed by atoms with E-state index in [-0.39, 0.29) is 68.1 Å². The number of carboxylic acid groups (broad SMARTS) is 1. The quantitative estimate of drug-likeness (QED) is 0.0652. The van der Waals surface area contributed by atoms with Crippen molar-refractivity contribution in [1.29, 1.82) is 0 Å². The molecule has 0 radical (unpaired) electrons. The molecule has 2 aliphatic heterocycles. The third kappa shape index (κ3) is 21.7. The van der Waals surface area contributed by atoms with Crippen molar-refractivity contribution in [2.24, 2.45) is 0 Å². The Hall–Kier alpha value is -11.5. The molecule has 0 bridgehead atoms. The van der Waals surface area contributed by atoms with Crippen LogP contribution in [-0.4, -0.2) is 126 Å². The van der Waals surface area contributed by atoms with E-state index >= 15 is 0 Å². The van der Waals surface area contributed by atoms with Gasteiger partial charge in [0.25, 0.3) is 16.7 Å². The summed E-state index contributed by atoms with van der Waals surface area (Å²) in [5, 5.41) is 7.68. The second kappa shape index (κ2) is 39.6. The number of hydrogen-bond donors (Lipinski definition) is 4. The number of aliphatic carboxylic acids is 1. The van der Waals surface area contributed by atoms with Gasteiger partial charge in [0.05, 0.1) is 73.6 Å². The maximum atomic E-state index is 13.7. The van der Waals surface area contributed by atoms with E-state index in [0.717, 1.165) is 48.1 Å². The van der Waals surface area contributed by atoms with E-state index in [2.05, 4.69) is 58.7 Å². The maximum absolute atomic E-state index is 13.7. The summed E-state index contributed by atoms with van der Waals surface area (Å²) in [7, 11) is 0. The van der Waals surface area contributed by atoms with E-state index < -0.39 is 97.3 Å². The lowest BCUT2D eigenvalue weighted by molar-refractivity contribution is -0.191. The van der Waals surface area contributed by atoms with Gasteiger partial charge in [-0.25, -0.2) is 70.6 Å². The molecule has 13 rings (SSSR count). The highest BCUT2D eigenvalue weighted by molar-refractivity contribution is 6.30. The van der Waals surface area contributed by atoms with Crippen LogP contribution in [0.4, 0.5) is 13.2 Å². The number of carbonyl (C=O) groups is 3. The Kier molecular flexibility index (Phi) is 30.9. The number of nitrogens with zero attached hydrogens (tertiary/aromatic N) is 9. The first-order valence-electron chi connectivity index (χ1n) is 34.1. The fraction of sp³-hybridized carbons (Fsp3) is 0.316. The largest absolute Gasteiger partial charge is 0.478 e. The molecule has 3 atom stereocenters. The van der Waals surface area contributed by atoms with Gasteiger partial charge in [-0.1, -0.05) is 113 Å². The number of H-pyrrole nitrogens is 3.